The van der Waals surface area contributed by atoms with E-state index in [4.69, 9.17) is 5.11 Å². The first-order chi connectivity index (χ1) is 11.3. The second kappa shape index (κ2) is 7.02. The minimum Gasteiger partial charge on any atom is -0.396 e. The number of nitrogens with zero attached hydrogens (tertiary/aromatic N) is 3. The third-order valence-electron chi connectivity index (χ3n) is 3.63. The first-order valence-electron chi connectivity index (χ1n) is 7.54. The Labute approximate surface area is 133 Å². The fourth-order valence-corrected chi connectivity index (χ4v) is 2.47. The lowest BCUT2D eigenvalue weighted by Gasteiger charge is -2.18. The van der Waals surface area contributed by atoms with Crippen LogP contribution in [-0.2, 0) is 0 Å². The summed E-state index contributed by atoms with van der Waals surface area (Å²) >= 11 is 0. The zero-order valence-corrected chi connectivity index (χ0v) is 12.6. The zero-order valence-electron chi connectivity index (χ0n) is 12.6. The van der Waals surface area contributed by atoms with E-state index in [1.807, 2.05) is 30.3 Å². The van der Waals surface area contributed by atoms with Crippen molar-refractivity contribution in [3.63, 3.8) is 0 Å². The monoisotopic (exact) mass is 310 g/mol. The molecule has 23 heavy (non-hydrogen) atoms. The Morgan fingerprint density at radius 3 is 2.83 bits per heavy atom. The van der Waals surface area contributed by atoms with Crippen molar-refractivity contribution in [3.8, 4) is 0 Å². The van der Waals surface area contributed by atoms with Gasteiger partial charge in [0.05, 0.1) is 6.04 Å². The highest BCUT2D eigenvalue weighted by Gasteiger charge is 2.17. The molecular weight excluding hydrogens is 292 g/mol. The first-order valence-corrected chi connectivity index (χ1v) is 7.54. The van der Waals surface area contributed by atoms with E-state index in [2.05, 4.69) is 15.3 Å². The average Bonchev–Trinajstić information content (AvgIpc) is 3.03. The Hall–Kier alpha value is -2.73. The van der Waals surface area contributed by atoms with E-state index in [-0.39, 0.29) is 18.6 Å². The maximum atomic E-state index is 12.5. The van der Waals surface area contributed by atoms with E-state index >= 15 is 0 Å². The van der Waals surface area contributed by atoms with Gasteiger partial charge in [0, 0.05) is 25.2 Å². The number of aromatic nitrogens is 3. The fraction of sp³-hybridized carbons (Fsp3) is 0.235. The van der Waals surface area contributed by atoms with Crippen LogP contribution in [0.4, 0.5) is 0 Å². The molecule has 3 aromatic rings. The highest BCUT2D eigenvalue weighted by Crippen LogP contribution is 2.18. The number of amides is 1. The van der Waals surface area contributed by atoms with Gasteiger partial charge < -0.3 is 10.4 Å². The quantitative estimate of drug-likeness (QED) is 0.729. The Morgan fingerprint density at radius 2 is 2.09 bits per heavy atom. The van der Waals surface area contributed by atoms with Crippen LogP contribution in [0.15, 0.2) is 55.0 Å². The van der Waals surface area contributed by atoms with Gasteiger partial charge in [0.1, 0.15) is 5.69 Å². The summed E-state index contributed by atoms with van der Waals surface area (Å²) < 4.78 is 1.71. The second-order valence-electron chi connectivity index (χ2n) is 5.26. The normalized spacial score (nSPS) is 12.2. The Balaban J connectivity index is 1.79. The van der Waals surface area contributed by atoms with E-state index in [9.17, 15) is 4.79 Å². The number of aliphatic hydroxyl groups is 1. The van der Waals surface area contributed by atoms with E-state index in [0.717, 1.165) is 5.56 Å². The number of hydrogen-bond acceptors (Lipinski definition) is 4. The van der Waals surface area contributed by atoms with E-state index in [1.54, 1.807) is 29.1 Å². The Bertz CT molecular complexity index is 752. The zero-order chi connectivity index (χ0) is 16.1. The van der Waals surface area contributed by atoms with Crippen molar-refractivity contribution >= 4 is 11.7 Å². The molecule has 0 aliphatic carbocycles. The van der Waals surface area contributed by atoms with Gasteiger partial charge in [-0.15, -0.1) is 0 Å². The molecule has 0 bridgehead atoms. The van der Waals surface area contributed by atoms with Gasteiger partial charge in [-0.25, -0.2) is 9.97 Å². The second-order valence-corrected chi connectivity index (χ2v) is 5.26. The Morgan fingerprint density at radius 1 is 1.26 bits per heavy atom. The topological polar surface area (TPSA) is 79.5 Å². The lowest BCUT2D eigenvalue weighted by atomic mass is 10.0. The number of imidazole rings is 1. The van der Waals surface area contributed by atoms with Crippen LogP contribution in [0.3, 0.4) is 0 Å². The SMILES string of the molecule is O=C(NC(CCCO)c1ccccc1)c1cn2cccnc2n1. The predicted octanol–water partition coefficient (Wildman–Crippen LogP) is 1.97. The summed E-state index contributed by atoms with van der Waals surface area (Å²) in [5, 5.41) is 12.1. The molecule has 3 rings (SSSR count). The standard InChI is InChI=1S/C17H18N4O2/c22-11-4-8-14(13-6-2-1-3-7-13)19-16(23)15-12-21-10-5-9-18-17(21)20-15/h1-3,5-7,9-10,12,14,22H,4,8,11H2,(H,19,23). The summed E-state index contributed by atoms with van der Waals surface area (Å²) in [6.45, 7) is 0.0947. The molecule has 0 saturated carbocycles. The lowest BCUT2D eigenvalue weighted by molar-refractivity contribution is 0.0928. The molecule has 0 saturated heterocycles. The van der Waals surface area contributed by atoms with Gasteiger partial charge >= 0.3 is 0 Å². The van der Waals surface area contributed by atoms with Crippen molar-refractivity contribution < 1.29 is 9.90 Å². The number of rotatable bonds is 6. The molecule has 2 aromatic heterocycles. The summed E-state index contributed by atoms with van der Waals surface area (Å²) in [7, 11) is 0. The molecule has 1 atom stereocenters. The van der Waals surface area contributed by atoms with Crippen LogP contribution in [0.2, 0.25) is 0 Å². The maximum Gasteiger partial charge on any atom is 0.272 e. The van der Waals surface area contributed by atoms with Gasteiger partial charge in [0.2, 0.25) is 5.78 Å². The van der Waals surface area contributed by atoms with E-state index in [1.165, 1.54) is 0 Å². The average molecular weight is 310 g/mol. The van der Waals surface area contributed by atoms with Crippen LogP contribution in [0.1, 0.15) is 34.9 Å². The number of nitrogens with one attached hydrogen (secondary N) is 1. The molecule has 2 heterocycles. The fourth-order valence-electron chi connectivity index (χ4n) is 2.47. The highest BCUT2D eigenvalue weighted by molar-refractivity contribution is 5.93. The molecule has 0 aliphatic rings. The van der Waals surface area contributed by atoms with Gasteiger partial charge in [0.15, 0.2) is 0 Å². The van der Waals surface area contributed by atoms with E-state index < -0.39 is 0 Å². The molecule has 1 unspecified atom stereocenters. The van der Waals surface area contributed by atoms with Crippen LogP contribution in [0.25, 0.3) is 5.78 Å². The summed E-state index contributed by atoms with van der Waals surface area (Å²) in [5.74, 6) is 0.242. The Kier molecular flexibility index (Phi) is 4.63. The molecule has 1 aromatic carbocycles. The summed E-state index contributed by atoms with van der Waals surface area (Å²) in [6, 6.07) is 11.4. The van der Waals surface area contributed by atoms with Gasteiger partial charge in [0.25, 0.3) is 5.91 Å². The molecule has 0 radical (unpaired) electrons. The van der Waals surface area contributed by atoms with Crippen LogP contribution in [-0.4, -0.2) is 32.0 Å². The summed E-state index contributed by atoms with van der Waals surface area (Å²) in [6.07, 6.45) is 6.38. The molecule has 1 amide bonds. The number of benzene rings is 1. The van der Waals surface area contributed by atoms with E-state index in [0.29, 0.717) is 24.3 Å². The highest BCUT2D eigenvalue weighted by atomic mass is 16.3. The van der Waals surface area contributed by atoms with Gasteiger partial charge in [-0.3, -0.25) is 9.20 Å². The molecule has 2 N–H and O–H groups in total. The van der Waals surface area contributed by atoms with Crippen molar-refractivity contribution in [3.05, 3.63) is 66.2 Å². The predicted molar refractivity (Wildman–Crippen MR) is 86.0 cm³/mol. The first kappa shape index (κ1) is 15.2. The number of carbonyl (C=O) groups is 1. The molecule has 6 nitrogen and oxygen atoms in total. The molecule has 0 aliphatic heterocycles. The molecular formula is C17H18N4O2. The molecule has 0 spiro atoms. The molecule has 118 valence electrons. The minimum absolute atomic E-state index is 0.0947. The third-order valence-corrected chi connectivity index (χ3v) is 3.63. The third kappa shape index (κ3) is 3.54. The van der Waals surface area contributed by atoms with Crippen LogP contribution < -0.4 is 5.32 Å². The lowest BCUT2D eigenvalue weighted by Crippen LogP contribution is -2.29. The van der Waals surface area contributed by atoms with Crippen molar-refractivity contribution in [2.45, 2.75) is 18.9 Å². The van der Waals surface area contributed by atoms with Crippen LogP contribution in [0, 0.1) is 0 Å². The molecule has 6 heteroatoms. The van der Waals surface area contributed by atoms with Crippen molar-refractivity contribution in [1.29, 1.82) is 0 Å². The van der Waals surface area contributed by atoms with Crippen LogP contribution in [0.5, 0.6) is 0 Å². The smallest absolute Gasteiger partial charge is 0.272 e. The van der Waals surface area contributed by atoms with Gasteiger partial charge in [-0.05, 0) is 24.5 Å². The number of hydrogen-bond donors (Lipinski definition) is 2. The largest absolute Gasteiger partial charge is 0.396 e. The number of fused-ring (bicyclic) bond motifs is 1. The van der Waals surface area contributed by atoms with Gasteiger partial charge in [-0.1, -0.05) is 30.3 Å². The van der Waals surface area contributed by atoms with Gasteiger partial charge in [-0.2, -0.15) is 0 Å². The van der Waals surface area contributed by atoms with Crippen molar-refractivity contribution in [2.24, 2.45) is 0 Å². The van der Waals surface area contributed by atoms with Crippen LogP contribution >= 0.6 is 0 Å². The summed E-state index contributed by atoms with van der Waals surface area (Å²) in [4.78, 5) is 20.8. The number of carbonyl (C=O) groups excluding carboxylic acids is 1. The summed E-state index contributed by atoms with van der Waals surface area (Å²) in [5.41, 5.74) is 1.34. The maximum absolute atomic E-state index is 12.5. The molecule has 0 fully saturated rings. The van der Waals surface area contributed by atoms with Crippen molar-refractivity contribution in [1.82, 2.24) is 19.7 Å². The van der Waals surface area contributed by atoms with Crippen molar-refractivity contribution in [2.75, 3.05) is 6.61 Å². The number of aliphatic hydroxyl groups excluding tert-OH is 1. The minimum atomic E-state index is -0.248.